The van der Waals surface area contributed by atoms with Crippen LogP contribution in [0.15, 0.2) is 18.2 Å². The van der Waals surface area contributed by atoms with E-state index in [1.807, 2.05) is 0 Å². The Bertz CT molecular complexity index is 523. The van der Waals surface area contributed by atoms with Gasteiger partial charge in [0.1, 0.15) is 17.0 Å². The zero-order valence-corrected chi connectivity index (χ0v) is 12.4. The van der Waals surface area contributed by atoms with Gasteiger partial charge in [-0.2, -0.15) is 0 Å². The lowest BCUT2D eigenvalue weighted by Crippen LogP contribution is -2.23. The molecule has 7 heteroatoms. The highest BCUT2D eigenvalue weighted by Crippen LogP contribution is 2.26. The lowest BCUT2D eigenvalue weighted by molar-refractivity contribution is -0.384. The molecular weight excluding hydrogens is 276 g/mol. The molecule has 0 heterocycles. The molecule has 0 aliphatic rings. The van der Waals surface area contributed by atoms with E-state index in [1.165, 1.54) is 12.1 Å². The van der Waals surface area contributed by atoms with Crippen molar-refractivity contribution in [3.8, 4) is 5.75 Å². The van der Waals surface area contributed by atoms with Gasteiger partial charge < -0.3 is 15.2 Å². The fraction of sp³-hybridized carbons (Fsp3) is 0.500. The zero-order chi connectivity index (χ0) is 16.0. The van der Waals surface area contributed by atoms with E-state index in [4.69, 9.17) is 15.2 Å². The van der Waals surface area contributed by atoms with Gasteiger partial charge in [-0.3, -0.25) is 14.9 Å². The predicted molar refractivity (Wildman–Crippen MR) is 78.1 cm³/mol. The highest BCUT2D eigenvalue weighted by atomic mass is 16.6. The quantitative estimate of drug-likeness (QED) is 0.284. The van der Waals surface area contributed by atoms with Gasteiger partial charge in [-0.25, -0.2) is 0 Å². The summed E-state index contributed by atoms with van der Waals surface area (Å²) in [6.07, 6.45) is 0.696. The van der Waals surface area contributed by atoms with Crippen molar-refractivity contribution < 1.29 is 19.2 Å². The maximum Gasteiger partial charge on any atom is 0.306 e. The van der Waals surface area contributed by atoms with Gasteiger partial charge in [-0.15, -0.1) is 0 Å². The summed E-state index contributed by atoms with van der Waals surface area (Å²) in [6.45, 7) is 5.67. The molecule has 116 valence electrons. The number of rotatable bonds is 6. The van der Waals surface area contributed by atoms with Gasteiger partial charge in [-0.1, -0.05) is 0 Å². The second kappa shape index (κ2) is 6.92. The van der Waals surface area contributed by atoms with Crippen molar-refractivity contribution in [1.82, 2.24) is 0 Å². The third-order valence-electron chi connectivity index (χ3n) is 2.41. The molecule has 0 aliphatic heterocycles. The molecule has 0 aliphatic carbocycles. The van der Waals surface area contributed by atoms with E-state index in [1.54, 1.807) is 26.8 Å². The smallest absolute Gasteiger partial charge is 0.306 e. The Morgan fingerprint density at radius 1 is 1.38 bits per heavy atom. The summed E-state index contributed by atoms with van der Waals surface area (Å²) in [5.41, 5.74) is 4.87. The number of nitrogens with zero attached hydrogens (tertiary/aromatic N) is 1. The number of nitro benzene ring substituents is 1. The Morgan fingerprint density at radius 2 is 2.05 bits per heavy atom. The summed E-state index contributed by atoms with van der Waals surface area (Å²) in [6, 6.07) is 4.24. The van der Waals surface area contributed by atoms with Gasteiger partial charge in [0.15, 0.2) is 0 Å². The lowest BCUT2D eigenvalue weighted by Gasteiger charge is -2.19. The van der Waals surface area contributed by atoms with Crippen LogP contribution in [-0.4, -0.2) is 23.1 Å². The summed E-state index contributed by atoms with van der Waals surface area (Å²) >= 11 is 0. The molecule has 0 amide bonds. The van der Waals surface area contributed by atoms with E-state index in [-0.39, 0.29) is 30.4 Å². The summed E-state index contributed by atoms with van der Waals surface area (Å²) in [4.78, 5) is 21.6. The number of hydrogen-bond acceptors (Lipinski definition) is 6. The molecule has 0 saturated heterocycles. The predicted octanol–water partition coefficient (Wildman–Crippen LogP) is 2.68. The maximum absolute atomic E-state index is 11.5. The van der Waals surface area contributed by atoms with Crippen LogP contribution in [-0.2, 0) is 9.53 Å². The number of anilines is 1. The number of benzene rings is 1. The van der Waals surface area contributed by atoms with Crippen LogP contribution in [0, 0.1) is 10.1 Å². The van der Waals surface area contributed by atoms with Crippen LogP contribution in [0.25, 0.3) is 0 Å². The number of hydrogen-bond donors (Lipinski definition) is 1. The molecule has 0 fully saturated rings. The van der Waals surface area contributed by atoms with Crippen LogP contribution in [0.4, 0.5) is 11.4 Å². The summed E-state index contributed by atoms with van der Waals surface area (Å²) in [5, 5.41) is 10.7. The van der Waals surface area contributed by atoms with Crippen molar-refractivity contribution in [3.63, 3.8) is 0 Å². The van der Waals surface area contributed by atoms with Gasteiger partial charge in [0.05, 0.1) is 17.6 Å². The number of carbonyl (C=O) groups excluding carboxylic acids is 1. The fourth-order valence-corrected chi connectivity index (χ4v) is 1.57. The summed E-state index contributed by atoms with van der Waals surface area (Å²) < 4.78 is 10.5. The number of nitrogens with two attached hydrogens (primary N) is 1. The van der Waals surface area contributed by atoms with Gasteiger partial charge in [0.25, 0.3) is 5.69 Å². The van der Waals surface area contributed by atoms with Gasteiger partial charge in [0.2, 0.25) is 0 Å². The monoisotopic (exact) mass is 296 g/mol. The molecule has 21 heavy (non-hydrogen) atoms. The maximum atomic E-state index is 11.5. The van der Waals surface area contributed by atoms with Crippen molar-refractivity contribution in [1.29, 1.82) is 0 Å². The van der Waals surface area contributed by atoms with Gasteiger partial charge >= 0.3 is 5.97 Å². The number of carbonyl (C=O) groups is 1. The van der Waals surface area contributed by atoms with Gasteiger partial charge in [0, 0.05) is 6.42 Å². The molecule has 0 radical (unpaired) electrons. The van der Waals surface area contributed by atoms with Crippen LogP contribution in [0.5, 0.6) is 5.75 Å². The molecule has 0 bridgehead atoms. The van der Waals surface area contributed by atoms with E-state index in [9.17, 15) is 14.9 Å². The van der Waals surface area contributed by atoms with E-state index in [0.717, 1.165) is 0 Å². The van der Waals surface area contributed by atoms with E-state index in [0.29, 0.717) is 12.2 Å². The largest absolute Gasteiger partial charge is 0.493 e. The Kier molecular flexibility index (Phi) is 5.52. The Balaban J connectivity index is 2.41. The SMILES string of the molecule is CC(C)(C)OC(=O)CCCOc1ccc(N)c([N+](=O)[O-])c1. The molecule has 0 unspecified atom stereocenters. The fourth-order valence-electron chi connectivity index (χ4n) is 1.57. The number of esters is 1. The normalized spacial score (nSPS) is 11.0. The zero-order valence-electron chi connectivity index (χ0n) is 12.4. The van der Waals surface area contributed by atoms with Crippen LogP contribution in [0.3, 0.4) is 0 Å². The molecule has 1 rings (SSSR count). The van der Waals surface area contributed by atoms with Crippen molar-refractivity contribution in [2.24, 2.45) is 0 Å². The van der Waals surface area contributed by atoms with E-state index in [2.05, 4.69) is 0 Å². The molecule has 1 aromatic carbocycles. The minimum atomic E-state index is -0.567. The molecule has 0 saturated carbocycles. The molecule has 2 N–H and O–H groups in total. The number of ether oxygens (including phenoxy) is 2. The van der Waals surface area contributed by atoms with E-state index >= 15 is 0 Å². The minimum absolute atomic E-state index is 0.0844. The van der Waals surface area contributed by atoms with Crippen molar-refractivity contribution in [2.45, 2.75) is 39.2 Å². The summed E-state index contributed by atoms with van der Waals surface area (Å²) in [5.74, 6) is 0.0504. The highest BCUT2D eigenvalue weighted by molar-refractivity contribution is 5.69. The number of nitro groups is 1. The highest BCUT2D eigenvalue weighted by Gasteiger charge is 2.16. The first kappa shape index (κ1) is 16.7. The van der Waals surface area contributed by atoms with Gasteiger partial charge in [-0.05, 0) is 39.3 Å². The van der Waals surface area contributed by atoms with Crippen molar-refractivity contribution >= 4 is 17.3 Å². The molecular formula is C14H20N2O5. The van der Waals surface area contributed by atoms with Crippen LogP contribution < -0.4 is 10.5 Å². The Labute approximate surface area is 123 Å². The number of nitrogen functional groups attached to an aromatic ring is 1. The van der Waals surface area contributed by atoms with Crippen molar-refractivity contribution in [2.75, 3.05) is 12.3 Å². The average Bonchev–Trinajstić information content (AvgIpc) is 2.34. The third-order valence-corrected chi connectivity index (χ3v) is 2.41. The molecule has 0 spiro atoms. The lowest BCUT2D eigenvalue weighted by atomic mass is 10.2. The molecule has 0 atom stereocenters. The first-order chi connectivity index (χ1) is 9.69. The average molecular weight is 296 g/mol. The first-order valence-electron chi connectivity index (χ1n) is 6.57. The Morgan fingerprint density at radius 3 is 2.62 bits per heavy atom. The van der Waals surface area contributed by atoms with Crippen LogP contribution in [0.2, 0.25) is 0 Å². The van der Waals surface area contributed by atoms with Crippen LogP contribution >= 0.6 is 0 Å². The molecule has 7 nitrogen and oxygen atoms in total. The van der Waals surface area contributed by atoms with Crippen molar-refractivity contribution in [3.05, 3.63) is 28.3 Å². The topological polar surface area (TPSA) is 105 Å². The van der Waals surface area contributed by atoms with E-state index < -0.39 is 10.5 Å². The molecule has 1 aromatic rings. The van der Waals surface area contributed by atoms with Crippen LogP contribution in [0.1, 0.15) is 33.6 Å². The standard InChI is InChI=1S/C14H20N2O5/c1-14(2,3)21-13(17)5-4-8-20-10-6-7-11(15)12(9-10)16(18)19/h6-7,9H,4-5,8,15H2,1-3H3. The minimum Gasteiger partial charge on any atom is -0.493 e. The third kappa shape index (κ3) is 6.11. The summed E-state index contributed by atoms with van der Waals surface area (Å²) in [7, 11) is 0. The first-order valence-corrected chi connectivity index (χ1v) is 6.57. The second-order valence-electron chi connectivity index (χ2n) is 5.52. The molecule has 0 aromatic heterocycles. The second-order valence-corrected chi connectivity index (χ2v) is 5.52. The Hall–Kier alpha value is -2.31.